The standard InChI is InChI=1S/C16H15FN2O5S/c1-2-23-16(20)19-18-11-12-3-7-14(8-4-12)24-25(21,22)15-9-5-13(17)6-10-15/h3-11H,2H2,1H3,(H,19,20)/b18-11-. The zero-order valence-electron chi connectivity index (χ0n) is 13.2. The third-order valence-corrected chi connectivity index (χ3v) is 4.09. The van der Waals surface area contributed by atoms with Gasteiger partial charge in [-0.25, -0.2) is 14.6 Å². The number of rotatable bonds is 6. The predicted octanol–water partition coefficient (Wildman–Crippen LogP) is 2.67. The first kappa shape index (κ1) is 18.4. The largest absolute Gasteiger partial charge is 0.449 e. The van der Waals surface area contributed by atoms with Gasteiger partial charge >= 0.3 is 16.2 Å². The molecule has 0 aliphatic heterocycles. The van der Waals surface area contributed by atoms with Crippen LogP contribution in [-0.4, -0.2) is 27.3 Å². The smallest absolute Gasteiger partial charge is 0.427 e. The molecule has 0 fully saturated rings. The highest BCUT2D eigenvalue weighted by molar-refractivity contribution is 7.87. The SMILES string of the molecule is CCOC(=O)N/N=C\c1ccc(OS(=O)(=O)c2ccc(F)cc2)cc1. The highest BCUT2D eigenvalue weighted by Gasteiger charge is 2.16. The fourth-order valence-electron chi connectivity index (χ4n) is 1.71. The quantitative estimate of drug-likeness (QED) is 0.482. The van der Waals surface area contributed by atoms with E-state index in [-0.39, 0.29) is 17.3 Å². The molecule has 2 rings (SSSR count). The number of nitrogens with one attached hydrogen (secondary N) is 1. The van der Waals surface area contributed by atoms with Gasteiger partial charge in [-0.2, -0.15) is 13.5 Å². The number of ether oxygens (including phenoxy) is 1. The molecule has 0 aliphatic rings. The third-order valence-electron chi connectivity index (χ3n) is 2.83. The Morgan fingerprint density at radius 1 is 1.16 bits per heavy atom. The molecular weight excluding hydrogens is 351 g/mol. The second-order valence-corrected chi connectivity index (χ2v) is 6.20. The number of nitrogens with zero attached hydrogens (tertiary/aromatic N) is 1. The monoisotopic (exact) mass is 366 g/mol. The van der Waals surface area contributed by atoms with Gasteiger partial charge in [0.15, 0.2) is 0 Å². The van der Waals surface area contributed by atoms with Crippen LogP contribution < -0.4 is 9.61 Å². The molecule has 0 atom stereocenters. The van der Waals surface area contributed by atoms with Gasteiger partial charge in [0.05, 0.1) is 12.8 Å². The summed E-state index contributed by atoms with van der Waals surface area (Å²) in [7, 11) is -4.05. The number of halogens is 1. The highest BCUT2D eigenvalue weighted by Crippen LogP contribution is 2.19. The van der Waals surface area contributed by atoms with Crippen LogP contribution in [0.3, 0.4) is 0 Å². The molecule has 2 aromatic carbocycles. The molecule has 0 aliphatic carbocycles. The highest BCUT2D eigenvalue weighted by atomic mass is 32.2. The van der Waals surface area contributed by atoms with E-state index in [0.717, 1.165) is 24.3 Å². The fraction of sp³-hybridized carbons (Fsp3) is 0.125. The summed E-state index contributed by atoms with van der Waals surface area (Å²) in [5.41, 5.74) is 2.76. The van der Waals surface area contributed by atoms with Crippen molar-refractivity contribution in [1.29, 1.82) is 0 Å². The van der Waals surface area contributed by atoms with Crippen LogP contribution in [0.15, 0.2) is 58.5 Å². The normalized spacial score (nSPS) is 11.3. The second-order valence-electron chi connectivity index (χ2n) is 4.65. The zero-order chi connectivity index (χ0) is 18.3. The summed E-state index contributed by atoms with van der Waals surface area (Å²) in [6, 6.07) is 10.2. The van der Waals surface area contributed by atoms with Crippen LogP contribution >= 0.6 is 0 Å². The first-order chi connectivity index (χ1) is 11.9. The van der Waals surface area contributed by atoms with Gasteiger partial charge in [-0.3, -0.25) is 0 Å². The maximum atomic E-state index is 12.9. The lowest BCUT2D eigenvalue weighted by molar-refractivity contribution is 0.152. The van der Waals surface area contributed by atoms with E-state index in [4.69, 9.17) is 4.18 Å². The Hall–Kier alpha value is -2.94. The molecule has 0 heterocycles. The fourth-order valence-corrected chi connectivity index (χ4v) is 2.64. The Morgan fingerprint density at radius 3 is 2.40 bits per heavy atom. The van der Waals surface area contributed by atoms with E-state index in [1.165, 1.54) is 18.3 Å². The summed E-state index contributed by atoms with van der Waals surface area (Å²) in [6.45, 7) is 1.90. The molecule has 0 saturated heterocycles. The minimum atomic E-state index is -4.05. The molecule has 2 aromatic rings. The predicted molar refractivity (Wildman–Crippen MR) is 88.4 cm³/mol. The van der Waals surface area contributed by atoms with E-state index >= 15 is 0 Å². The number of hydrogen-bond acceptors (Lipinski definition) is 6. The second kappa shape index (κ2) is 8.25. The molecule has 0 bridgehead atoms. The van der Waals surface area contributed by atoms with E-state index in [2.05, 4.69) is 15.3 Å². The maximum Gasteiger partial charge on any atom is 0.427 e. The molecule has 0 unspecified atom stereocenters. The van der Waals surface area contributed by atoms with Crippen LogP contribution in [0.5, 0.6) is 5.75 Å². The van der Waals surface area contributed by atoms with Crippen molar-refractivity contribution < 1.29 is 26.5 Å². The number of amides is 1. The van der Waals surface area contributed by atoms with Gasteiger partial charge in [0.25, 0.3) is 0 Å². The molecule has 0 radical (unpaired) electrons. The zero-order valence-corrected chi connectivity index (χ0v) is 14.0. The molecule has 1 amide bonds. The average Bonchev–Trinajstić information content (AvgIpc) is 2.57. The van der Waals surface area contributed by atoms with E-state index in [9.17, 15) is 17.6 Å². The lowest BCUT2D eigenvalue weighted by Gasteiger charge is -2.07. The Labute approximate surface area is 144 Å². The van der Waals surface area contributed by atoms with Gasteiger partial charge in [-0.1, -0.05) is 0 Å². The van der Waals surface area contributed by atoms with Crippen molar-refractivity contribution in [3.63, 3.8) is 0 Å². The summed E-state index contributed by atoms with van der Waals surface area (Å²) in [5.74, 6) is -0.459. The summed E-state index contributed by atoms with van der Waals surface area (Å²) < 4.78 is 46.6. The molecule has 7 nitrogen and oxygen atoms in total. The minimum Gasteiger partial charge on any atom is -0.449 e. The van der Waals surface area contributed by atoms with Crippen molar-refractivity contribution in [3.8, 4) is 5.75 Å². The van der Waals surface area contributed by atoms with Gasteiger partial charge in [-0.15, -0.1) is 0 Å². The summed E-state index contributed by atoms with van der Waals surface area (Å²) in [5, 5.41) is 3.68. The number of hydrogen-bond donors (Lipinski definition) is 1. The molecule has 25 heavy (non-hydrogen) atoms. The van der Waals surface area contributed by atoms with Crippen molar-refractivity contribution in [3.05, 3.63) is 59.9 Å². The molecule has 0 spiro atoms. The van der Waals surface area contributed by atoms with Gasteiger partial charge in [0, 0.05) is 0 Å². The van der Waals surface area contributed by atoms with Crippen LogP contribution in [0.1, 0.15) is 12.5 Å². The van der Waals surface area contributed by atoms with Crippen molar-refractivity contribution in [2.24, 2.45) is 5.10 Å². The van der Waals surface area contributed by atoms with Crippen molar-refractivity contribution in [2.45, 2.75) is 11.8 Å². The molecule has 0 aromatic heterocycles. The average molecular weight is 366 g/mol. The van der Waals surface area contributed by atoms with Gasteiger partial charge in [0.2, 0.25) is 0 Å². The summed E-state index contributed by atoms with van der Waals surface area (Å²) >= 11 is 0. The number of benzene rings is 2. The first-order valence-electron chi connectivity index (χ1n) is 7.16. The van der Waals surface area contributed by atoms with Crippen LogP contribution in [0.2, 0.25) is 0 Å². The molecule has 9 heteroatoms. The van der Waals surface area contributed by atoms with Crippen LogP contribution in [0.4, 0.5) is 9.18 Å². The topological polar surface area (TPSA) is 94.1 Å². The van der Waals surface area contributed by atoms with Crippen LogP contribution in [0.25, 0.3) is 0 Å². The lowest BCUT2D eigenvalue weighted by atomic mass is 10.2. The first-order valence-corrected chi connectivity index (χ1v) is 8.57. The molecular formula is C16H15FN2O5S. The Kier molecular flexibility index (Phi) is 6.07. The van der Waals surface area contributed by atoms with E-state index in [1.54, 1.807) is 19.1 Å². The van der Waals surface area contributed by atoms with Crippen molar-refractivity contribution in [2.75, 3.05) is 6.61 Å². The number of carbonyl (C=O) groups excluding carboxylic acids is 1. The van der Waals surface area contributed by atoms with E-state index < -0.39 is 22.0 Å². The number of hydrazone groups is 1. The van der Waals surface area contributed by atoms with Gasteiger partial charge in [0.1, 0.15) is 16.5 Å². The molecule has 132 valence electrons. The maximum absolute atomic E-state index is 12.9. The van der Waals surface area contributed by atoms with Crippen molar-refractivity contribution in [1.82, 2.24) is 5.43 Å². The summed E-state index contributed by atoms with van der Waals surface area (Å²) in [4.78, 5) is 10.9. The minimum absolute atomic E-state index is 0.0832. The molecule has 0 saturated carbocycles. The Balaban J connectivity index is 2.01. The van der Waals surface area contributed by atoms with Gasteiger partial charge < -0.3 is 8.92 Å². The van der Waals surface area contributed by atoms with Gasteiger partial charge in [-0.05, 0) is 61.0 Å². The van der Waals surface area contributed by atoms with Crippen LogP contribution in [0, 0.1) is 5.82 Å². The van der Waals surface area contributed by atoms with E-state index in [1.807, 2.05) is 0 Å². The van der Waals surface area contributed by atoms with E-state index in [0.29, 0.717) is 5.56 Å². The molecule has 1 N–H and O–H groups in total. The Morgan fingerprint density at radius 2 is 1.80 bits per heavy atom. The lowest BCUT2D eigenvalue weighted by Crippen LogP contribution is -2.18. The third kappa shape index (κ3) is 5.57. The van der Waals surface area contributed by atoms with Crippen LogP contribution in [-0.2, 0) is 14.9 Å². The number of carbonyl (C=O) groups is 1. The summed E-state index contributed by atoms with van der Waals surface area (Å²) in [6.07, 6.45) is 0.680. The van der Waals surface area contributed by atoms with Crippen molar-refractivity contribution >= 4 is 22.4 Å². The Bertz CT molecular complexity index is 849.